The highest BCUT2D eigenvalue weighted by molar-refractivity contribution is 5.97. The summed E-state index contributed by atoms with van der Waals surface area (Å²) in [7, 11) is 1.55. The summed E-state index contributed by atoms with van der Waals surface area (Å²) >= 11 is 0. The fraction of sp³-hybridized carbons (Fsp3) is 0.125. The molecule has 3 aromatic rings. The molecule has 0 aliphatic heterocycles. The fourth-order valence-corrected chi connectivity index (χ4v) is 2.82. The van der Waals surface area contributed by atoms with Crippen LogP contribution in [0.15, 0.2) is 84.9 Å². The number of anilines is 1. The molecule has 0 radical (unpaired) electrons. The first-order chi connectivity index (χ1) is 15.1. The molecule has 7 heteroatoms. The lowest BCUT2D eigenvalue weighted by Crippen LogP contribution is -2.36. The SMILES string of the molecule is COc1ccc(NC(=O)COC(=O)C(NC(=O)c2ccccc2)c2ccccc2)cc1. The molecule has 0 aliphatic rings. The van der Waals surface area contributed by atoms with Gasteiger partial charge in [-0.05, 0) is 42.0 Å². The summed E-state index contributed by atoms with van der Waals surface area (Å²) in [6.45, 7) is -0.491. The van der Waals surface area contributed by atoms with Crippen LogP contribution in [0.1, 0.15) is 22.0 Å². The van der Waals surface area contributed by atoms with Gasteiger partial charge in [-0.2, -0.15) is 0 Å². The minimum Gasteiger partial charge on any atom is -0.497 e. The van der Waals surface area contributed by atoms with Crippen LogP contribution in [-0.4, -0.2) is 31.5 Å². The van der Waals surface area contributed by atoms with Crippen molar-refractivity contribution in [2.24, 2.45) is 0 Å². The zero-order valence-corrected chi connectivity index (χ0v) is 16.9. The van der Waals surface area contributed by atoms with Gasteiger partial charge in [-0.15, -0.1) is 0 Å². The van der Waals surface area contributed by atoms with Crippen molar-refractivity contribution in [3.63, 3.8) is 0 Å². The maximum Gasteiger partial charge on any atom is 0.333 e. The van der Waals surface area contributed by atoms with Crippen LogP contribution < -0.4 is 15.4 Å². The van der Waals surface area contributed by atoms with Crippen LogP contribution in [0.5, 0.6) is 5.75 Å². The van der Waals surface area contributed by atoms with Crippen LogP contribution in [0.4, 0.5) is 5.69 Å². The Morgan fingerprint density at radius 1 is 0.839 bits per heavy atom. The predicted octanol–water partition coefficient (Wildman–Crippen LogP) is 3.35. The van der Waals surface area contributed by atoms with E-state index in [2.05, 4.69) is 10.6 Å². The first-order valence-corrected chi connectivity index (χ1v) is 9.58. The Morgan fingerprint density at radius 2 is 1.45 bits per heavy atom. The molecule has 3 aromatic carbocycles. The van der Waals surface area contributed by atoms with Gasteiger partial charge in [0, 0.05) is 11.3 Å². The van der Waals surface area contributed by atoms with Gasteiger partial charge < -0.3 is 20.1 Å². The molecule has 3 rings (SSSR count). The van der Waals surface area contributed by atoms with Crippen molar-refractivity contribution in [3.05, 3.63) is 96.1 Å². The minimum absolute atomic E-state index is 0.411. The number of esters is 1. The smallest absolute Gasteiger partial charge is 0.333 e. The number of hydrogen-bond acceptors (Lipinski definition) is 5. The zero-order valence-electron chi connectivity index (χ0n) is 16.9. The average molecular weight is 418 g/mol. The summed E-state index contributed by atoms with van der Waals surface area (Å²) in [6.07, 6.45) is 0. The van der Waals surface area contributed by atoms with Crippen LogP contribution in [0.25, 0.3) is 0 Å². The number of methoxy groups -OCH3 is 1. The molecule has 7 nitrogen and oxygen atoms in total. The third kappa shape index (κ3) is 6.17. The monoisotopic (exact) mass is 418 g/mol. The summed E-state index contributed by atoms with van der Waals surface area (Å²) in [6, 6.07) is 22.9. The van der Waals surface area contributed by atoms with Crippen LogP contribution in [-0.2, 0) is 14.3 Å². The standard InChI is InChI=1S/C24H22N2O5/c1-30-20-14-12-19(13-15-20)25-21(27)16-31-24(29)22(17-8-4-2-5-9-17)26-23(28)18-10-6-3-7-11-18/h2-15,22H,16H2,1H3,(H,25,27)(H,26,28). The highest BCUT2D eigenvalue weighted by Crippen LogP contribution is 2.17. The molecule has 0 fully saturated rings. The third-order valence-corrected chi connectivity index (χ3v) is 4.40. The number of carbonyl (C=O) groups excluding carboxylic acids is 3. The zero-order chi connectivity index (χ0) is 22.1. The van der Waals surface area contributed by atoms with Crippen molar-refractivity contribution in [3.8, 4) is 5.75 Å². The Balaban J connectivity index is 1.64. The van der Waals surface area contributed by atoms with E-state index in [4.69, 9.17) is 9.47 Å². The highest BCUT2D eigenvalue weighted by atomic mass is 16.5. The Kier molecular flexibility index (Phi) is 7.37. The van der Waals surface area contributed by atoms with E-state index in [0.717, 1.165) is 0 Å². The lowest BCUT2D eigenvalue weighted by molar-refractivity contribution is -0.149. The van der Waals surface area contributed by atoms with Gasteiger partial charge in [0.25, 0.3) is 11.8 Å². The van der Waals surface area contributed by atoms with Crippen molar-refractivity contribution >= 4 is 23.5 Å². The number of ether oxygens (including phenoxy) is 2. The summed E-state index contributed by atoms with van der Waals surface area (Å²) in [5, 5.41) is 5.31. The van der Waals surface area contributed by atoms with Crippen LogP contribution >= 0.6 is 0 Å². The van der Waals surface area contributed by atoms with Gasteiger partial charge in [-0.25, -0.2) is 4.79 Å². The van der Waals surface area contributed by atoms with E-state index in [9.17, 15) is 14.4 Å². The Morgan fingerprint density at radius 3 is 2.06 bits per heavy atom. The Bertz CT molecular complexity index is 1020. The van der Waals surface area contributed by atoms with Gasteiger partial charge in [-0.3, -0.25) is 9.59 Å². The quantitative estimate of drug-likeness (QED) is 0.547. The van der Waals surface area contributed by atoms with Crippen LogP contribution in [0, 0.1) is 0 Å². The first kappa shape index (κ1) is 21.6. The van der Waals surface area contributed by atoms with E-state index in [0.29, 0.717) is 22.6 Å². The van der Waals surface area contributed by atoms with Crippen molar-refractivity contribution in [1.82, 2.24) is 5.32 Å². The molecule has 0 heterocycles. The van der Waals surface area contributed by atoms with Gasteiger partial charge in [0.2, 0.25) is 0 Å². The van der Waals surface area contributed by atoms with Crippen molar-refractivity contribution < 1.29 is 23.9 Å². The lowest BCUT2D eigenvalue weighted by Gasteiger charge is -2.18. The topological polar surface area (TPSA) is 93.7 Å². The molecule has 0 aromatic heterocycles. The van der Waals surface area contributed by atoms with Crippen molar-refractivity contribution in [1.29, 1.82) is 0 Å². The van der Waals surface area contributed by atoms with Gasteiger partial charge in [0.15, 0.2) is 12.6 Å². The van der Waals surface area contributed by atoms with Crippen LogP contribution in [0.2, 0.25) is 0 Å². The van der Waals surface area contributed by atoms with E-state index < -0.39 is 30.4 Å². The molecule has 1 unspecified atom stereocenters. The summed E-state index contributed by atoms with van der Waals surface area (Å²) in [5.74, 6) is -1.00. The molecule has 1 atom stereocenters. The summed E-state index contributed by atoms with van der Waals surface area (Å²) in [4.78, 5) is 37.4. The maximum atomic E-state index is 12.7. The van der Waals surface area contributed by atoms with Crippen LogP contribution in [0.3, 0.4) is 0 Å². The second-order valence-corrected chi connectivity index (χ2v) is 6.57. The lowest BCUT2D eigenvalue weighted by atomic mass is 10.1. The molecule has 2 N–H and O–H groups in total. The van der Waals surface area contributed by atoms with E-state index >= 15 is 0 Å². The van der Waals surface area contributed by atoms with Gasteiger partial charge >= 0.3 is 5.97 Å². The van der Waals surface area contributed by atoms with Gasteiger partial charge in [-0.1, -0.05) is 48.5 Å². The number of benzene rings is 3. The van der Waals surface area contributed by atoms with E-state index in [1.165, 1.54) is 0 Å². The molecular weight excluding hydrogens is 396 g/mol. The first-order valence-electron chi connectivity index (χ1n) is 9.58. The fourth-order valence-electron chi connectivity index (χ4n) is 2.82. The molecule has 158 valence electrons. The number of hydrogen-bond donors (Lipinski definition) is 2. The number of rotatable bonds is 8. The number of amides is 2. The molecule has 0 saturated carbocycles. The predicted molar refractivity (Wildman–Crippen MR) is 116 cm³/mol. The second kappa shape index (κ2) is 10.6. The molecule has 0 saturated heterocycles. The normalized spacial score (nSPS) is 11.1. The van der Waals surface area contributed by atoms with E-state index in [-0.39, 0.29) is 0 Å². The molecule has 0 spiro atoms. The summed E-state index contributed by atoms with van der Waals surface area (Å²) in [5.41, 5.74) is 1.50. The van der Waals surface area contributed by atoms with Gasteiger partial charge in [0.1, 0.15) is 5.75 Å². The van der Waals surface area contributed by atoms with E-state index in [1.807, 2.05) is 0 Å². The molecule has 0 aliphatic carbocycles. The largest absolute Gasteiger partial charge is 0.497 e. The van der Waals surface area contributed by atoms with Crippen molar-refractivity contribution in [2.45, 2.75) is 6.04 Å². The molecule has 31 heavy (non-hydrogen) atoms. The minimum atomic E-state index is -1.05. The Labute approximate surface area is 180 Å². The average Bonchev–Trinajstić information content (AvgIpc) is 2.82. The highest BCUT2D eigenvalue weighted by Gasteiger charge is 2.25. The molecular formula is C24H22N2O5. The summed E-state index contributed by atoms with van der Waals surface area (Å²) < 4.78 is 10.3. The number of carbonyl (C=O) groups is 3. The molecule has 2 amide bonds. The van der Waals surface area contributed by atoms with Crippen molar-refractivity contribution in [2.75, 3.05) is 19.0 Å². The number of nitrogens with one attached hydrogen (secondary N) is 2. The van der Waals surface area contributed by atoms with E-state index in [1.54, 1.807) is 92.0 Å². The maximum absolute atomic E-state index is 12.7. The second-order valence-electron chi connectivity index (χ2n) is 6.57. The van der Waals surface area contributed by atoms with Gasteiger partial charge in [0.05, 0.1) is 7.11 Å². The third-order valence-electron chi connectivity index (χ3n) is 4.40. The Hall–Kier alpha value is -4.13. The molecule has 0 bridgehead atoms.